The molecule has 0 N–H and O–H groups in total. The number of carbonyl (C=O) groups is 1. The van der Waals surface area contributed by atoms with Gasteiger partial charge in [-0.05, 0) is 20.8 Å². The second-order valence-electron chi connectivity index (χ2n) is 6.11. The molecule has 1 aliphatic rings. The van der Waals surface area contributed by atoms with E-state index in [1.807, 2.05) is 25.7 Å². The SMILES string of the molecule is CC(C)(C)OC(=O)N1CCN(c2ncc(S(=O)(=O)Cl)cn2)CC1. The van der Waals surface area contributed by atoms with Gasteiger partial charge < -0.3 is 14.5 Å². The maximum atomic E-state index is 12.0. The Balaban J connectivity index is 1.95. The van der Waals surface area contributed by atoms with Gasteiger partial charge in [0.2, 0.25) is 5.95 Å². The molecular weight excluding hydrogens is 344 g/mol. The predicted molar refractivity (Wildman–Crippen MR) is 85.1 cm³/mol. The number of amides is 1. The van der Waals surface area contributed by atoms with E-state index in [0.29, 0.717) is 32.1 Å². The summed E-state index contributed by atoms with van der Waals surface area (Å²) in [6.45, 7) is 7.49. The molecule has 0 spiro atoms. The molecule has 0 saturated carbocycles. The first-order valence-electron chi connectivity index (χ1n) is 7.06. The van der Waals surface area contributed by atoms with Crippen molar-refractivity contribution in [3.05, 3.63) is 12.4 Å². The van der Waals surface area contributed by atoms with Crippen LogP contribution in [-0.4, -0.2) is 61.2 Å². The molecule has 1 aliphatic heterocycles. The first kappa shape index (κ1) is 17.7. The van der Waals surface area contributed by atoms with E-state index in [1.54, 1.807) is 4.90 Å². The molecule has 8 nitrogen and oxygen atoms in total. The van der Waals surface area contributed by atoms with Crippen LogP contribution in [0.3, 0.4) is 0 Å². The van der Waals surface area contributed by atoms with E-state index in [1.165, 1.54) is 12.4 Å². The van der Waals surface area contributed by atoms with Crippen molar-refractivity contribution < 1.29 is 17.9 Å². The third-order valence-corrected chi connectivity index (χ3v) is 4.42. The van der Waals surface area contributed by atoms with E-state index in [0.717, 1.165) is 0 Å². The van der Waals surface area contributed by atoms with Gasteiger partial charge in [0.25, 0.3) is 9.05 Å². The van der Waals surface area contributed by atoms with Gasteiger partial charge >= 0.3 is 6.09 Å². The molecule has 1 saturated heterocycles. The van der Waals surface area contributed by atoms with Crippen LogP contribution in [0.15, 0.2) is 17.3 Å². The lowest BCUT2D eigenvalue weighted by molar-refractivity contribution is 0.0240. The van der Waals surface area contributed by atoms with Gasteiger partial charge in [-0.3, -0.25) is 0 Å². The van der Waals surface area contributed by atoms with Gasteiger partial charge in [-0.1, -0.05) is 0 Å². The summed E-state index contributed by atoms with van der Waals surface area (Å²) in [4.78, 5) is 23.4. The summed E-state index contributed by atoms with van der Waals surface area (Å²) < 4.78 is 27.7. The molecule has 0 unspecified atom stereocenters. The second-order valence-corrected chi connectivity index (χ2v) is 8.68. The number of hydrogen-bond acceptors (Lipinski definition) is 7. The number of rotatable bonds is 2. The van der Waals surface area contributed by atoms with Crippen molar-refractivity contribution in [1.29, 1.82) is 0 Å². The third kappa shape index (κ3) is 4.93. The van der Waals surface area contributed by atoms with E-state index < -0.39 is 14.7 Å². The monoisotopic (exact) mass is 362 g/mol. The zero-order chi connectivity index (χ0) is 17.3. The van der Waals surface area contributed by atoms with Gasteiger partial charge in [-0.15, -0.1) is 0 Å². The van der Waals surface area contributed by atoms with Crippen LogP contribution in [0.5, 0.6) is 0 Å². The van der Waals surface area contributed by atoms with Gasteiger partial charge in [0, 0.05) is 36.9 Å². The Hall–Kier alpha value is -1.61. The highest BCUT2D eigenvalue weighted by atomic mass is 35.7. The third-order valence-electron chi connectivity index (χ3n) is 3.11. The van der Waals surface area contributed by atoms with Crippen LogP contribution in [0.2, 0.25) is 0 Å². The Labute approximate surface area is 139 Å². The Morgan fingerprint density at radius 2 is 1.70 bits per heavy atom. The molecule has 0 aromatic carbocycles. The second kappa shape index (κ2) is 6.48. The molecule has 0 radical (unpaired) electrons. The summed E-state index contributed by atoms with van der Waals surface area (Å²) >= 11 is 0. The number of nitrogens with zero attached hydrogens (tertiary/aromatic N) is 4. The van der Waals surface area contributed by atoms with Crippen molar-refractivity contribution in [3.8, 4) is 0 Å². The smallest absolute Gasteiger partial charge is 0.410 e. The summed E-state index contributed by atoms with van der Waals surface area (Å²) in [6, 6.07) is 0. The lowest BCUT2D eigenvalue weighted by Gasteiger charge is -2.35. The normalized spacial score (nSPS) is 16.3. The van der Waals surface area contributed by atoms with E-state index in [-0.39, 0.29) is 11.0 Å². The average molecular weight is 363 g/mol. The molecule has 1 aromatic rings. The number of piperazine rings is 1. The van der Waals surface area contributed by atoms with Crippen molar-refractivity contribution in [2.75, 3.05) is 31.1 Å². The van der Waals surface area contributed by atoms with Crippen LogP contribution >= 0.6 is 10.7 Å². The lowest BCUT2D eigenvalue weighted by Crippen LogP contribution is -2.50. The zero-order valence-corrected chi connectivity index (χ0v) is 14.8. The molecule has 2 heterocycles. The quantitative estimate of drug-likeness (QED) is 0.735. The Morgan fingerprint density at radius 1 is 1.17 bits per heavy atom. The standard InChI is InChI=1S/C13H19ClN4O4S/c1-13(2,3)22-12(19)18-6-4-17(5-7-18)11-15-8-10(9-16-11)23(14,20)21/h8-9H,4-7H2,1-3H3. The topological polar surface area (TPSA) is 92.7 Å². The maximum absolute atomic E-state index is 12.0. The van der Waals surface area contributed by atoms with Crippen LogP contribution in [0.25, 0.3) is 0 Å². The molecular formula is C13H19ClN4O4S. The van der Waals surface area contributed by atoms with Gasteiger partial charge in [-0.2, -0.15) is 0 Å². The van der Waals surface area contributed by atoms with Gasteiger partial charge in [0.1, 0.15) is 10.5 Å². The highest BCUT2D eigenvalue weighted by molar-refractivity contribution is 8.13. The highest BCUT2D eigenvalue weighted by Crippen LogP contribution is 2.17. The van der Waals surface area contributed by atoms with Gasteiger partial charge in [0.05, 0.1) is 12.4 Å². The summed E-state index contributed by atoms with van der Waals surface area (Å²) in [5, 5.41) is 0. The molecule has 0 aliphatic carbocycles. The van der Waals surface area contributed by atoms with Crippen molar-refractivity contribution in [1.82, 2.24) is 14.9 Å². The number of carbonyl (C=O) groups excluding carboxylic acids is 1. The van der Waals surface area contributed by atoms with Crippen molar-refractivity contribution >= 4 is 31.8 Å². The van der Waals surface area contributed by atoms with E-state index in [9.17, 15) is 13.2 Å². The van der Waals surface area contributed by atoms with Crippen LogP contribution < -0.4 is 4.90 Å². The van der Waals surface area contributed by atoms with Crippen molar-refractivity contribution in [2.45, 2.75) is 31.3 Å². The predicted octanol–water partition coefficient (Wildman–Crippen LogP) is 1.46. The van der Waals surface area contributed by atoms with Crippen LogP contribution in [0.1, 0.15) is 20.8 Å². The largest absolute Gasteiger partial charge is 0.444 e. The number of hydrogen-bond donors (Lipinski definition) is 0. The Morgan fingerprint density at radius 3 is 2.13 bits per heavy atom. The lowest BCUT2D eigenvalue weighted by atomic mass is 10.2. The fraction of sp³-hybridized carbons (Fsp3) is 0.615. The molecule has 1 fully saturated rings. The van der Waals surface area contributed by atoms with Gasteiger partial charge in [-0.25, -0.2) is 23.2 Å². The first-order chi connectivity index (χ1) is 10.6. The Bertz CT molecular complexity index is 664. The maximum Gasteiger partial charge on any atom is 0.410 e. The molecule has 23 heavy (non-hydrogen) atoms. The van der Waals surface area contributed by atoms with E-state index in [4.69, 9.17) is 15.4 Å². The molecule has 2 rings (SSSR count). The summed E-state index contributed by atoms with van der Waals surface area (Å²) in [5.41, 5.74) is -0.528. The van der Waals surface area contributed by atoms with Gasteiger partial charge in [0.15, 0.2) is 0 Å². The number of aromatic nitrogens is 2. The van der Waals surface area contributed by atoms with Crippen molar-refractivity contribution in [3.63, 3.8) is 0 Å². The van der Waals surface area contributed by atoms with E-state index >= 15 is 0 Å². The minimum Gasteiger partial charge on any atom is -0.444 e. The zero-order valence-electron chi connectivity index (χ0n) is 13.2. The molecule has 128 valence electrons. The average Bonchev–Trinajstić information content (AvgIpc) is 2.45. The Kier molecular flexibility index (Phi) is 5.00. The molecule has 0 bridgehead atoms. The number of anilines is 1. The van der Waals surface area contributed by atoms with Crippen molar-refractivity contribution in [2.24, 2.45) is 0 Å². The molecule has 1 aromatic heterocycles. The minimum atomic E-state index is -3.83. The fourth-order valence-electron chi connectivity index (χ4n) is 2.01. The first-order valence-corrected chi connectivity index (χ1v) is 9.37. The summed E-state index contributed by atoms with van der Waals surface area (Å²) in [6.07, 6.45) is 2.00. The molecule has 0 atom stereocenters. The summed E-state index contributed by atoms with van der Waals surface area (Å²) in [5.74, 6) is 0.401. The van der Waals surface area contributed by atoms with E-state index in [2.05, 4.69) is 9.97 Å². The van der Waals surface area contributed by atoms with Crippen LogP contribution in [0.4, 0.5) is 10.7 Å². The minimum absolute atomic E-state index is 0.143. The number of halogens is 1. The number of ether oxygens (including phenoxy) is 1. The summed E-state index contributed by atoms with van der Waals surface area (Å²) in [7, 11) is 1.40. The highest BCUT2D eigenvalue weighted by Gasteiger charge is 2.26. The van der Waals surface area contributed by atoms with Crippen LogP contribution in [-0.2, 0) is 13.8 Å². The van der Waals surface area contributed by atoms with Crippen LogP contribution in [0, 0.1) is 0 Å². The molecule has 10 heteroatoms. The fourth-order valence-corrected chi connectivity index (χ4v) is 2.61. The molecule has 1 amide bonds.